The number of phenolic OH excluding ortho intramolecular Hbond substituents is 2. The second-order valence-electron chi connectivity index (χ2n) is 7.84. The molecule has 0 spiro atoms. The van der Waals surface area contributed by atoms with Gasteiger partial charge in [0.15, 0.2) is 5.78 Å². The lowest BCUT2D eigenvalue weighted by atomic mass is 10.00. The SMILES string of the molecule is CCC/C(C)=C/CC/C(C)=C/COc1c(CC=C(C)C)c(O)cc(O)c1C(C)=O. The fourth-order valence-electron chi connectivity index (χ4n) is 3.09. The number of rotatable bonds is 11. The summed E-state index contributed by atoms with van der Waals surface area (Å²) in [6, 6.07) is 1.21. The third kappa shape index (κ3) is 8.18. The Bertz CT molecular complexity index is 794. The van der Waals surface area contributed by atoms with E-state index in [-0.39, 0.29) is 35.2 Å². The van der Waals surface area contributed by atoms with Gasteiger partial charge in [0.2, 0.25) is 0 Å². The first-order valence-corrected chi connectivity index (χ1v) is 10.3. The van der Waals surface area contributed by atoms with Crippen LogP contribution in [0.3, 0.4) is 0 Å². The van der Waals surface area contributed by atoms with Crippen LogP contribution in [-0.4, -0.2) is 22.6 Å². The molecule has 0 bridgehead atoms. The van der Waals surface area contributed by atoms with Crippen LogP contribution in [0.5, 0.6) is 17.2 Å². The largest absolute Gasteiger partial charge is 0.507 e. The minimum absolute atomic E-state index is 0.0720. The summed E-state index contributed by atoms with van der Waals surface area (Å²) in [7, 11) is 0. The number of hydrogen-bond donors (Lipinski definition) is 2. The van der Waals surface area contributed by atoms with Crippen molar-refractivity contribution in [3.8, 4) is 17.2 Å². The third-order valence-electron chi connectivity index (χ3n) is 4.74. The molecule has 1 rings (SSSR count). The first-order valence-electron chi connectivity index (χ1n) is 10.3. The van der Waals surface area contributed by atoms with Gasteiger partial charge < -0.3 is 14.9 Å². The number of hydrogen-bond acceptors (Lipinski definition) is 4. The van der Waals surface area contributed by atoms with Crippen LogP contribution >= 0.6 is 0 Å². The van der Waals surface area contributed by atoms with Crippen molar-refractivity contribution in [2.24, 2.45) is 0 Å². The zero-order valence-corrected chi connectivity index (χ0v) is 18.8. The quantitative estimate of drug-likeness (QED) is 0.322. The zero-order valence-electron chi connectivity index (χ0n) is 18.8. The standard InChI is InChI=1S/C25H36O4/c1-7-9-18(4)10-8-11-19(5)14-15-29-25-21(13-12-17(2)3)22(27)16-23(28)24(25)20(6)26/h10,12,14,16,27-28H,7-9,11,13,15H2,1-6H3/b18-10+,19-14+. The normalized spacial score (nSPS) is 12.1. The molecule has 160 valence electrons. The Morgan fingerprint density at radius 1 is 0.966 bits per heavy atom. The van der Waals surface area contributed by atoms with Crippen molar-refractivity contribution in [3.05, 3.63) is 52.1 Å². The van der Waals surface area contributed by atoms with Crippen molar-refractivity contribution in [1.82, 2.24) is 0 Å². The van der Waals surface area contributed by atoms with Gasteiger partial charge in [0.25, 0.3) is 0 Å². The summed E-state index contributed by atoms with van der Waals surface area (Å²) >= 11 is 0. The van der Waals surface area contributed by atoms with Crippen LogP contribution in [0, 0.1) is 0 Å². The fourth-order valence-corrected chi connectivity index (χ4v) is 3.09. The van der Waals surface area contributed by atoms with E-state index in [4.69, 9.17) is 4.74 Å². The molecule has 4 nitrogen and oxygen atoms in total. The number of phenols is 2. The van der Waals surface area contributed by atoms with E-state index in [1.54, 1.807) is 0 Å². The lowest BCUT2D eigenvalue weighted by molar-refractivity contribution is 0.101. The van der Waals surface area contributed by atoms with Crippen LogP contribution in [0.1, 0.15) is 83.1 Å². The first-order chi connectivity index (χ1) is 13.7. The molecule has 4 heteroatoms. The molecule has 0 amide bonds. The van der Waals surface area contributed by atoms with Crippen molar-refractivity contribution in [1.29, 1.82) is 0 Å². The number of carbonyl (C=O) groups is 1. The molecule has 2 N–H and O–H groups in total. The molecule has 0 atom stereocenters. The number of benzene rings is 1. The number of Topliss-reactive ketones (excluding diaryl/α,β-unsaturated/α-hetero) is 1. The van der Waals surface area contributed by atoms with Crippen LogP contribution in [-0.2, 0) is 6.42 Å². The highest BCUT2D eigenvalue weighted by Crippen LogP contribution is 2.39. The second kappa shape index (κ2) is 12.2. The van der Waals surface area contributed by atoms with Gasteiger partial charge in [-0.2, -0.15) is 0 Å². The van der Waals surface area contributed by atoms with Crippen LogP contribution in [0.15, 0.2) is 41.0 Å². The number of carbonyl (C=O) groups excluding carboxylic acids is 1. The zero-order chi connectivity index (χ0) is 22.0. The van der Waals surface area contributed by atoms with E-state index < -0.39 is 0 Å². The minimum atomic E-state index is -0.298. The van der Waals surface area contributed by atoms with E-state index in [2.05, 4.69) is 26.8 Å². The molecular weight excluding hydrogens is 364 g/mol. The number of aromatic hydroxyl groups is 2. The molecule has 0 unspecified atom stereocenters. The highest BCUT2D eigenvalue weighted by Gasteiger charge is 2.21. The van der Waals surface area contributed by atoms with E-state index in [0.717, 1.165) is 31.3 Å². The molecule has 0 fully saturated rings. The topological polar surface area (TPSA) is 66.8 Å². The average molecular weight is 401 g/mol. The Balaban J connectivity index is 3.00. The fraction of sp³-hybridized carbons (Fsp3) is 0.480. The summed E-state index contributed by atoms with van der Waals surface area (Å²) in [5.74, 6) is -0.371. The molecule has 0 radical (unpaired) electrons. The summed E-state index contributed by atoms with van der Waals surface area (Å²) in [5.41, 5.74) is 4.34. The smallest absolute Gasteiger partial charge is 0.167 e. The molecule has 0 aliphatic carbocycles. The van der Waals surface area contributed by atoms with Crippen molar-refractivity contribution >= 4 is 5.78 Å². The Kier molecular flexibility index (Phi) is 10.3. The van der Waals surface area contributed by atoms with Gasteiger partial charge in [0.05, 0.1) is 0 Å². The summed E-state index contributed by atoms with van der Waals surface area (Å²) < 4.78 is 5.90. The van der Waals surface area contributed by atoms with Crippen molar-refractivity contribution < 1.29 is 19.7 Å². The van der Waals surface area contributed by atoms with Gasteiger partial charge in [-0.3, -0.25) is 4.79 Å². The van der Waals surface area contributed by atoms with E-state index >= 15 is 0 Å². The van der Waals surface area contributed by atoms with Gasteiger partial charge in [-0.05, 0) is 66.4 Å². The van der Waals surface area contributed by atoms with Crippen LogP contribution < -0.4 is 4.74 Å². The molecule has 0 aliphatic heterocycles. The number of ether oxygens (including phenoxy) is 1. The van der Waals surface area contributed by atoms with Crippen LogP contribution in [0.4, 0.5) is 0 Å². The van der Waals surface area contributed by atoms with Gasteiger partial charge in [0.1, 0.15) is 29.4 Å². The average Bonchev–Trinajstić information content (AvgIpc) is 2.60. The van der Waals surface area contributed by atoms with E-state index in [9.17, 15) is 15.0 Å². The van der Waals surface area contributed by atoms with E-state index in [1.807, 2.05) is 26.0 Å². The summed E-state index contributed by atoms with van der Waals surface area (Å²) in [6.07, 6.45) is 10.9. The van der Waals surface area contributed by atoms with E-state index in [1.165, 1.54) is 24.1 Å². The lowest BCUT2D eigenvalue weighted by Gasteiger charge is -2.16. The lowest BCUT2D eigenvalue weighted by Crippen LogP contribution is -2.06. The Labute approximate surface area is 175 Å². The van der Waals surface area contributed by atoms with Gasteiger partial charge >= 0.3 is 0 Å². The number of ketones is 1. The molecule has 0 saturated carbocycles. The monoisotopic (exact) mass is 400 g/mol. The van der Waals surface area contributed by atoms with Gasteiger partial charge in [-0.25, -0.2) is 0 Å². The Morgan fingerprint density at radius 2 is 1.62 bits per heavy atom. The molecule has 0 aliphatic rings. The van der Waals surface area contributed by atoms with Gasteiger partial charge in [-0.1, -0.05) is 42.2 Å². The molecular formula is C25H36O4. The predicted octanol–water partition coefficient (Wildman–Crippen LogP) is 6.66. The van der Waals surface area contributed by atoms with Crippen LogP contribution in [0.25, 0.3) is 0 Å². The minimum Gasteiger partial charge on any atom is -0.507 e. The molecule has 0 saturated heterocycles. The molecule has 1 aromatic rings. The highest BCUT2D eigenvalue weighted by atomic mass is 16.5. The van der Waals surface area contributed by atoms with E-state index in [0.29, 0.717) is 12.0 Å². The summed E-state index contributed by atoms with van der Waals surface area (Å²) in [4.78, 5) is 12.1. The summed E-state index contributed by atoms with van der Waals surface area (Å²) in [5, 5.41) is 20.5. The number of allylic oxidation sites excluding steroid dienone is 5. The van der Waals surface area contributed by atoms with Crippen LogP contribution in [0.2, 0.25) is 0 Å². The highest BCUT2D eigenvalue weighted by molar-refractivity contribution is 6.00. The van der Waals surface area contributed by atoms with Gasteiger partial charge in [0, 0.05) is 11.6 Å². The third-order valence-corrected chi connectivity index (χ3v) is 4.74. The first kappa shape index (κ1) is 24.5. The molecule has 1 aromatic carbocycles. The molecule has 0 aromatic heterocycles. The Hall–Kier alpha value is -2.49. The maximum Gasteiger partial charge on any atom is 0.167 e. The maximum atomic E-state index is 12.1. The van der Waals surface area contributed by atoms with Crippen molar-refractivity contribution in [2.75, 3.05) is 6.61 Å². The van der Waals surface area contributed by atoms with Gasteiger partial charge in [-0.15, -0.1) is 0 Å². The van der Waals surface area contributed by atoms with Crippen molar-refractivity contribution in [2.45, 2.75) is 73.6 Å². The molecule has 0 heterocycles. The van der Waals surface area contributed by atoms with Crippen molar-refractivity contribution in [3.63, 3.8) is 0 Å². The summed E-state index contributed by atoms with van der Waals surface area (Å²) in [6.45, 7) is 12.0. The second-order valence-corrected chi connectivity index (χ2v) is 7.84. The molecule has 29 heavy (non-hydrogen) atoms. The maximum absolute atomic E-state index is 12.1. The predicted molar refractivity (Wildman–Crippen MR) is 120 cm³/mol. The Morgan fingerprint density at radius 3 is 2.21 bits per heavy atom.